The number of aromatic nitrogens is 4. The fraction of sp³-hybridized carbons (Fsp3) is 0.192. The van der Waals surface area contributed by atoms with Gasteiger partial charge in [0.25, 0.3) is 0 Å². The molecule has 0 unspecified atom stereocenters. The summed E-state index contributed by atoms with van der Waals surface area (Å²) in [6.07, 6.45) is 5.29. The molecule has 5 rings (SSSR count). The van der Waals surface area contributed by atoms with E-state index in [2.05, 4.69) is 32.2 Å². The minimum absolute atomic E-state index is 0.131. The number of nitrogens with one attached hydrogen (secondary N) is 1. The number of benzene rings is 2. The molecule has 0 aliphatic rings. The second kappa shape index (κ2) is 9.44. The maximum atomic E-state index is 14.8. The van der Waals surface area contributed by atoms with Crippen LogP contribution >= 0.6 is 0 Å². The van der Waals surface area contributed by atoms with Crippen LogP contribution in [0.4, 0.5) is 4.39 Å². The van der Waals surface area contributed by atoms with E-state index >= 15 is 0 Å². The molecule has 172 valence electrons. The zero-order valence-corrected chi connectivity index (χ0v) is 18.7. The molecule has 0 radical (unpaired) electrons. The Labute approximate surface area is 195 Å². The van der Waals surface area contributed by atoms with Crippen molar-refractivity contribution in [3.05, 3.63) is 101 Å². The predicted molar refractivity (Wildman–Crippen MR) is 126 cm³/mol. The van der Waals surface area contributed by atoms with Crippen molar-refractivity contribution in [1.29, 1.82) is 0 Å². The first-order valence-corrected chi connectivity index (χ1v) is 11.1. The number of aryl methyl sites for hydroxylation is 3. The number of halogens is 1. The van der Waals surface area contributed by atoms with E-state index < -0.39 is 11.9 Å². The summed E-state index contributed by atoms with van der Waals surface area (Å²) in [5, 5.41) is 4.86. The van der Waals surface area contributed by atoms with Crippen molar-refractivity contribution in [3.63, 3.8) is 0 Å². The number of hydrogen-bond donors (Lipinski definition) is 2. The number of hydrogen-bond acceptors (Lipinski definition) is 6. The Morgan fingerprint density at radius 3 is 2.74 bits per heavy atom. The first-order chi connectivity index (χ1) is 16.6. The monoisotopic (exact) mass is 457 g/mol. The Kier molecular flexibility index (Phi) is 6.05. The third-order valence-corrected chi connectivity index (χ3v) is 5.69. The van der Waals surface area contributed by atoms with Crippen LogP contribution in [0.25, 0.3) is 11.0 Å². The Bertz CT molecular complexity index is 1410. The Hall–Kier alpha value is -4.04. The highest BCUT2D eigenvalue weighted by atomic mass is 19.1. The lowest BCUT2D eigenvalue weighted by Crippen LogP contribution is -2.14. The van der Waals surface area contributed by atoms with Crippen LogP contribution in [0, 0.1) is 12.7 Å². The molecular formula is C26H24FN5O2. The van der Waals surface area contributed by atoms with Crippen LogP contribution in [0.15, 0.2) is 71.5 Å². The zero-order chi connectivity index (χ0) is 23.5. The topological polar surface area (TPSA) is 103 Å². The van der Waals surface area contributed by atoms with Crippen LogP contribution in [-0.4, -0.2) is 20.1 Å². The first kappa shape index (κ1) is 21.8. The van der Waals surface area contributed by atoms with Crippen LogP contribution in [0.5, 0.6) is 11.5 Å². The lowest BCUT2D eigenvalue weighted by atomic mass is 10.1. The van der Waals surface area contributed by atoms with Gasteiger partial charge in [-0.25, -0.2) is 9.37 Å². The summed E-state index contributed by atoms with van der Waals surface area (Å²) < 4.78 is 26.1. The summed E-state index contributed by atoms with van der Waals surface area (Å²) in [5.74, 6) is 1.14. The average Bonchev–Trinajstić information content (AvgIpc) is 3.48. The van der Waals surface area contributed by atoms with E-state index in [1.807, 2.05) is 31.3 Å². The van der Waals surface area contributed by atoms with Gasteiger partial charge in [-0.2, -0.15) is 4.98 Å². The minimum Gasteiger partial charge on any atom is -0.453 e. The predicted octanol–water partition coefficient (Wildman–Crippen LogP) is 5.21. The molecule has 1 atom stereocenters. The van der Waals surface area contributed by atoms with Crippen LogP contribution < -0.4 is 10.5 Å². The quantitative estimate of drug-likeness (QED) is 0.331. The molecule has 7 nitrogen and oxygen atoms in total. The SMILES string of the molecule is Cc1c[nH]c2nccc(Oc3ccc(C[C@H](N)c4nc(CCc5ccccc5)no4)cc3F)c12. The summed E-state index contributed by atoms with van der Waals surface area (Å²) in [6.45, 7) is 1.94. The van der Waals surface area contributed by atoms with Crippen molar-refractivity contribution in [2.45, 2.75) is 32.2 Å². The van der Waals surface area contributed by atoms with Gasteiger partial charge in [0.2, 0.25) is 5.89 Å². The molecule has 0 saturated heterocycles. The molecular weight excluding hydrogens is 433 g/mol. The van der Waals surface area contributed by atoms with E-state index in [1.54, 1.807) is 24.4 Å². The summed E-state index contributed by atoms with van der Waals surface area (Å²) in [7, 11) is 0. The van der Waals surface area contributed by atoms with E-state index in [0.717, 1.165) is 17.4 Å². The van der Waals surface area contributed by atoms with Gasteiger partial charge in [0.1, 0.15) is 11.4 Å². The van der Waals surface area contributed by atoms with Crippen molar-refractivity contribution in [2.24, 2.45) is 5.73 Å². The fourth-order valence-corrected chi connectivity index (χ4v) is 3.90. The van der Waals surface area contributed by atoms with E-state index in [9.17, 15) is 4.39 Å². The molecule has 0 fully saturated rings. The zero-order valence-electron chi connectivity index (χ0n) is 18.7. The molecule has 0 amide bonds. The van der Waals surface area contributed by atoms with Crippen LogP contribution in [0.3, 0.4) is 0 Å². The maximum absolute atomic E-state index is 14.8. The van der Waals surface area contributed by atoms with Crippen LogP contribution in [0.1, 0.15) is 34.4 Å². The highest BCUT2D eigenvalue weighted by molar-refractivity contribution is 5.86. The molecule has 8 heteroatoms. The van der Waals surface area contributed by atoms with Crippen LogP contribution in [-0.2, 0) is 19.3 Å². The maximum Gasteiger partial charge on any atom is 0.243 e. The molecule has 0 bridgehead atoms. The Morgan fingerprint density at radius 1 is 1.06 bits per heavy atom. The third-order valence-electron chi connectivity index (χ3n) is 5.69. The van der Waals surface area contributed by atoms with E-state index in [4.69, 9.17) is 15.0 Å². The van der Waals surface area contributed by atoms with Gasteiger partial charge in [0.15, 0.2) is 17.4 Å². The van der Waals surface area contributed by atoms with Crippen molar-refractivity contribution in [2.75, 3.05) is 0 Å². The van der Waals surface area contributed by atoms with E-state index in [-0.39, 0.29) is 5.75 Å². The standard InChI is InChI=1S/C26H24FN5O2/c1-16-15-30-25-24(16)22(11-12-29-25)33-21-9-7-18(13-19(21)27)14-20(28)26-31-23(32-34-26)10-8-17-5-3-2-4-6-17/h2-7,9,11-13,15,20H,8,10,14,28H2,1H3,(H,29,30)/t20-/m0/s1. The molecule has 5 aromatic rings. The molecule has 0 saturated carbocycles. The molecule has 3 heterocycles. The normalized spacial score (nSPS) is 12.2. The Morgan fingerprint density at radius 2 is 1.91 bits per heavy atom. The largest absolute Gasteiger partial charge is 0.453 e. The minimum atomic E-state index is -0.536. The van der Waals surface area contributed by atoms with E-state index in [1.165, 1.54) is 11.6 Å². The highest BCUT2D eigenvalue weighted by Gasteiger charge is 2.17. The number of ether oxygens (including phenoxy) is 1. The molecule has 0 aliphatic heterocycles. The molecule has 3 aromatic heterocycles. The van der Waals surface area contributed by atoms with Crippen molar-refractivity contribution >= 4 is 11.0 Å². The number of fused-ring (bicyclic) bond motifs is 1. The van der Waals surface area contributed by atoms with Crippen molar-refractivity contribution in [3.8, 4) is 11.5 Å². The van der Waals surface area contributed by atoms with Gasteiger partial charge in [-0.05, 0) is 54.7 Å². The number of rotatable bonds is 8. The number of H-pyrrole nitrogens is 1. The van der Waals surface area contributed by atoms with Gasteiger partial charge >= 0.3 is 0 Å². The summed E-state index contributed by atoms with van der Waals surface area (Å²) in [5.41, 5.74) is 9.85. The van der Waals surface area contributed by atoms with Gasteiger partial charge in [-0.3, -0.25) is 0 Å². The van der Waals surface area contributed by atoms with Gasteiger partial charge in [-0.1, -0.05) is 41.6 Å². The first-order valence-electron chi connectivity index (χ1n) is 11.1. The average molecular weight is 458 g/mol. The van der Waals surface area contributed by atoms with Crippen LogP contribution in [0.2, 0.25) is 0 Å². The van der Waals surface area contributed by atoms with Gasteiger partial charge < -0.3 is 20.0 Å². The second-order valence-corrected chi connectivity index (χ2v) is 8.22. The smallest absolute Gasteiger partial charge is 0.243 e. The van der Waals surface area contributed by atoms with Crippen molar-refractivity contribution in [1.82, 2.24) is 20.1 Å². The van der Waals surface area contributed by atoms with E-state index in [0.29, 0.717) is 41.5 Å². The second-order valence-electron chi connectivity index (χ2n) is 8.22. The fourth-order valence-electron chi connectivity index (χ4n) is 3.90. The number of aromatic amines is 1. The van der Waals surface area contributed by atoms with Gasteiger partial charge in [-0.15, -0.1) is 0 Å². The third kappa shape index (κ3) is 4.67. The Balaban J connectivity index is 1.24. The lowest BCUT2D eigenvalue weighted by Gasteiger charge is -2.11. The summed E-state index contributed by atoms with van der Waals surface area (Å²) >= 11 is 0. The molecule has 0 aliphatic carbocycles. The lowest BCUT2D eigenvalue weighted by molar-refractivity contribution is 0.350. The number of nitrogens with two attached hydrogens (primary N) is 1. The molecule has 34 heavy (non-hydrogen) atoms. The van der Waals surface area contributed by atoms with Gasteiger partial charge in [0.05, 0.1) is 11.4 Å². The highest BCUT2D eigenvalue weighted by Crippen LogP contribution is 2.32. The van der Waals surface area contributed by atoms with Gasteiger partial charge in [0, 0.05) is 18.8 Å². The number of nitrogens with zero attached hydrogens (tertiary/aromatic N) is 3. The van der Waals surface area contributed by atoms with Crippen molar-refractivity contribution < 1.29 is 13.7 Å². The summed E-state index contributed by atoms with van der Waals surface area (Å²) in [6, 6.07) is 16.1. The molecule has 0 spiro atoms. The molecule has 2 aromatic carbocycles. The summed E-state index contributed by atoms with van der Waals surface area (Å²) in [4.78, 5) is 11.8. The number of pyridine rings is 1. The molecule has 3 N–H and O–H groups in total.